The Bertz CT molecular complexity index is 786. The van der Waals surface area contributed by atoms with Gasteiger partial charge in [-0.1, -0.05) is 12.1 Å². The van der Waals surface area contributed by atoms with Gasteiger partial charge in [0.15, 0.2) is 0 Å². The Morgan fingerprint density at radius 1 is 1.08 bits per heavy atom. The molecule has 0 saturated heterocycles. The number of rotatable bonds is 8. The lowest BCUT2D eigenvalue weighted by atomic mass is 10.2. The smallest absolute Gasteiger partial charge is 0.251 e. The van der Waals surface area contributed by atoms with Gasteiger partial charge in [-0.15, -0.1) is 0 Å². The molecule has 0 bridgehead atoms. The monoisotopic (exact) mass is 343 g/mol. The third-order valence-corrected chi connectivity index (χ3v) is 3.54. The largest absolute Gasteiger partial charge is 0.497 e. The zero-order valence-corrected chi connectivity index (χ0v) is 14.0. The highest BCUT2D eigenvalue weighted by Crippen LogP contribution is 2.12. The van der Waals surface area contributed by atoms with Crippen molar-refractivity contribution in [3.8, 4) is 5.75 Å². The molecule has 7 nitrogen and oxygen atoms in total. The number of aryl methyl sites for hydroxylation is 1. The lowest BCUT2D eigenvalue weighted by Crippen LogP contribution is -2.35. The van der Waals surface area contributed by atoms with Crippen molar-refractivity contribution in [3.63, 3.8) is 0 Å². The van der Waals surface area contributed by atoms with E-state index in [1.165, 1.54) is 17.7 Å². The lowest BCUT2D eigenvalue weighted by molar-refractivity contribution is -0.121. The molecule has 0 spiro atoms. The number of nitrogens with one attached hydrogen (secondary N) is 2. The van der Waals surface area contributed by atoms with Crippen molar-refractivity contribution in [2.45, 2.75) is 13.0 Å². The van der Waals surface area contributed by atoms with Crippen molar-refractivity contribution in [1.29, 1.82) is 0 Å². The molecule has 2 rings (SSSR count). The summed E-state index contributed by atoms with van der Waals surface area (Å²) in [6, 6.07) is 11.7. The number of aromatic nitrogens is 1. The molecule has 2 N–H and O–H groups in total. The van der Waals surface area contributed by atoms with Crippen molar-refractivity contribution >= 4 is 11.8 Å². The maximum absolute atomic E-state index is 12.0. The van der Waals surface area contributed by atoms with E-state index in [0.29, 0.717) is 30.9 Å². The number of hydrogen-bond donors (Lipinski definition) is 2. The summed E-state index contributed by atoms with van der Waals surface area (Å²) in [4.78, 5) is 35.3. The lowest BCUT2D eigenvalue weighted by Gasteiger charge is -2.09. The van der Waals surface area contributed by atoms with Crippen LogP contribution >= 0.6 is 0 Å². The molecule has 7 heteroatoms. The minimum Gasteiger partial charge on any atom is -0.497 e. The first-order chi connectivity index (χ1) is 12.1. The summed E-state index contributed by atoms with van der Waals surface area (Å²) in [7, 11) is 1.54. The summed E-state index contributed by atoms with van der Waals surface area (Å²) >= 11 is 0. The minimum absolute atomic E-state index is 0.138. The Kier molecular flexibility index (Phi) is 6.76. The van der Waals surface area contributed by atoms with Crippen molar-refractivity contribution < 1.29 is 14.3 Å². The molecular formula is C18H21N3O4. The number of carbonyl (C=O) groups excluding carboxylic acids is 2. The van der Waals surface area contributed by atoms with E-state index < -0.39 is 0 Å². The maximum Gasteiger partial charge on any atom is 0.251 e. The van der Waals surface area contributed by atoms with Gasteiger partial charge in [0, 0.05) is 43.9 Å². The summed E-state index contributed by atoms with van der Waals surface area (Å²) in [5.74, 6) is 0.201. The van der Waals surface area contributed by atoms with Gasteiger partial charge in [0.2, 0.25) is 5.91 Å². The van der Waals surface area contributed by atoms with Crippen LogP contribution in [0.3, 0.4) is 0 Å². The van der Waals surface area contributed by atoms with Crippen molar-refractivity contribution in [2.75, 3.05) is 20.2 Å². The second kappa shape index (κ2) is 9.27. The highest BCUT2D eigenvalue weighted by Gasteiger charge is 2.06. The zero-order valence-electron chi connectivity index (χ0n) is 14.0. The van der Waals surface area contributed by atoms with Crippen LogP contribution in [0.5, 0.6) is 5.75 Å². The molecule has 25 heavy (non-hydrogen) atoms. The minimum atomic E-state index is -0.232. The van der Waals surface area contributed by atoms with Crippen LogP contribution in [-0.4, -0.2) is 36.6 Å². The molecule has 0 aliphatic carbocycles. The first kappa shape index (κ1) is 18.3. The fourth-order valence-corrected chi connectivity index (χ4v) is 2.20. The molecule has 0 saturated carbocycles. The predicted octanol–water partition coefficient (Wildman–Crippen LogP) is 0.793. The van der Waals surface area contributed by atoms with E-state index in [9.17, 15) is 14.4 Å². The van der Waals surface area contributed by atoms with Gasteiger partial charge in [-0.2, -0.15) is 0 Å². The molecule has 0 atom stereocenters. The van der Waals surface area contributed by atoms with Crippen molar-refractivity contribution in [3.05, 3.63) is 64.6 Å². The average molecular weight is 343 g/mol. The molecule has 1 aromatic carbocycles. The first-order valence-electron chi connectivity index (χ1n) is 7.94. The van der Waals surface area contributed by atoms with Crippen LogP contribution in [0.4, 0.5) is 0 Å². The molecule has 2 amide bonds. The molecule has 0 aliphatic heterocycles. The van der Waals surface area contributed by atoms with Crippen LogP contribution in [0, 0.1) is 0 Å². The number of ether oxygens (including phenoxy) is 1. The summed E-state index contributed by atoms with van der Waals surface area (Å²) in [6.07, 6.45) is 1.84. The molecule has 2 aromatic rings. The van der Waals surface area contributed by atoms with Crippen LogP contribution in [0.25, 0.3) is 0 Å². The number of benzene rings is 1. The van der Waals surface area contributed by atoms with Crippen LogP contribution in [0.15, 0.2) is 53.5 Å². The Morgan fingerprint density at radius 2 is 1.88 bits per heavy atom. The zero-order chi connectivity index (χ0) is 18.1. The van der Waals surface area contributed by atoms with Gasteiger partial charge in [-0.05, 0) is 24.3 Å². The Morgan fingerprint density at radius 3 is 2.64 bits per heavy atom. The quantitative estimate of drug-likeness (QED) is 0.694. The molecule has 0 aliphatic rings. The van der Waals surface area contributed by atoms with Crippen LogP contribution in [0.1, 0.15) is 16.8 Å². The van der Waals surface area contributed by atoms with Crippen LogP contribution in [-0.2, 0) is 11.3 Å². The maximum atomic E-state index is 12.0. The standard InChI is InChI=1S/C18H21N3O4/c1-25-15-6-4-5-14(13-15)18(24)20-10-9-19-16(22)8-12-21-11-3-2-7-17(21)23/h2-7,11,13H,8-10,12H2,1H3,(H,19,22)(H,20,24). The van der Waals surface area contributed by atoms with E-state index >= 15 is 0 Å². The van der Waals surface area contributed by atoms with Gasteiger partial charge in [0.1, 0.15) is 5.75 Å². The number of carbonyl (C=O) groups is 2. The van der Waals surface area contributed by atoms with Crippen LogP contribution < -0.4 is 20.9 Å². The number of methoxy groups -OCH3 is 1. The van der Waals surface area contributed by atoms with E-state index in [4.69, 9.17) is 4.74 Å². The number of nitrogens with zero attached hydrogens (tertiary/aromatic N) is 1. The normalized spacial score (nSPS) is 10.1. The topological polar surface area (TPSA) is 89.4 Å². The molecule has 1 heterocycles. The Labute approximate surface area is 145 Å². The number of hydrogen-bond acceptors (Lipinski definition) is 4. The van der Waals surface area contributed by atoms with E-state index in [1.807, 2.05) is 0 Å². The number of pyridine rings is 1. The second-order valence-corrected chi connectivity index (χ2v) is 5.32. The Hall–Kier alpha value is -3.09. The van der Waals surface area contributed by atoms with E-state index in [0.717, 1.165) is 0 Å². The fourth-order valence-electron chi connectivity index (χ4n) is 2.20. The van der Waals surface area contributed by atoms with Crippen molar-refractivity contribution in [2.24, 2.45) is 0 Å². The van der Waals surface area contributed by atoms with E-state index in [2.05, 4.69) is 10.6 Å². The van der Waals surface area contributed by atoms with Gasteiger partial charge in [-0.3, -0.25) is 14.4 Å². The van der Waals surface area contributed by atoms with E-state index in [1.54, 1.807) is 42.6 Å². The molecular weight excluding hydrogens is 322 g/mol. The SMILES string of the molecule is COc1cccc(C(=O)NCCNC(=O)CCn2ccccc2=O)c1. The average Bonchev–Trinajstić information content (AvgIpc) is 2.64. The summed E-state index contributed by atoms with van der Waals surface area (Å²) in [5, 5.41) is 5.43. The molecule has 0 radical (unpaired) electrons. The molecule has 0 unspecified atom stereocenters. The highest BCUT2D eigenvalue weighted by molar-refractivity contribution is 5.94. The van der Waals surface area contributed by atoms with Gasteiger partial charge in [0.25, 0.3) is 11.5 Å². The van der Waals surface area contributed by atoms with Crippen LogP contribution in [0.2, 0.25) is 0 Å². The summed E-state index contributed by atoms with van der Waals surface area (Å²) < 4.78 is 6.55. The van der Waals surface area contributed by atoms with E-state index in [-0.39, 0.29) is 23.8 Å². The third-order valence-electron chi connectivity index (χ3n) is 3.54. The fraction of sp³-hybridized carbons (Fsp3) is 0.278. The summed E-state index contributed by atoms with van der Waals surface area (Å²) in [6.45, 7) is 0.951. The molecule has 1 aromatic heterocycles. The third kappa shape index (κ3) is 5.80. The predicted molar refractivity (Wildman–Crippen MR) is 93.7 cm³/mol. The van der Waals surface area contributed by atoms with Gasteiger partial charge < -0.3 is 19.9 Å². The number of amides is 2. The molecule has 132 valence electrons. The van der Waals surface area contributed by atoms with Crippen molar-refractivity contribution in [1.82, 2.24) is 15.2 Å². The van der Waals surface area contributed by atoms with Gasteiger partial charge in [0.05, 0.1) is 7.11 Å². The molecule has 0 fully saturated rings. The second-order valence-electron chi connectivity index (χ2n) is 5.32. The highest BCUT2D eigenvalue weighted by atomic mass is 16.5. The summed E-state index contributed by atoms with van der Waals surface area (Å²) in [5.41, 5.74) is 0.356. The first-order valence-corrected chi connectivity index (χ1v) is 7.94. The van der Waals surface area contributed by atoms with Gasteiger partial charge >= 0.3 is 0 Å². The van der Waals surface area contributed by atoms with Gasteiger partial charge in [-0.25, -0.2) is 0 Å². The Balaban J connectivity index is 1.68.